The lowest BCUT2D eigenvalue weighted by molar-refractivity contribution is -0.140. The number of anilines is 2. The Balaban J connectivity index is 1.31. The largest absolute Gasteiger partial charge is 0.508 e. The molecule has 4 unspecified atom stereocenters. The van der Waals surface area contributed by atoms with E-state index >= 15 is 19.2 Å². The van der Waals surface area contributed by atoms with E-state index in [2.05, 4.69) is 58.5 Å². The fourth-order valence-corrected chi connectivity index (χ4v) is 14.2. The number of aliphatic hydroxyl groups is 1. The predicted octanol–water partition coefficient (Wildman–Crippen LogP) is -3.30. The van der Waals surface area contributed by atoms with Crippen LogP contribution in [0.3, 0.4) is 0 Å². The average Bonchev–Trinajstić information content (AvgIpc) is 0.895. The van der Waals surface area contributed by atoms with Crippen LogP contribution in [0, 0.1) is 0 Å². The molecular weight excluding hydrogens is 1500 g/mol. The number of hydrogen-bond donors (Lipinski definition) is 19. The molecule has 37 nitrogen and oxygen atoms in total. The zero-order valence-corrected chi connectivity index (χ0v) is 62.2. The summed E-state index contributed by atoms with van der Waals surface area (Å²) in [5, 5.41) is 71.5. The second kappa shape index (κ2) is 42.9. The summed E-state index contributed by atoms with van der Waals surface area (Å²) < 4.78 is 0. The van der Waals surface area contributed by atoms with Crippen molar-refractivity contribution >= 4 is 134 Å². The van der Waals surface area contributed by atoms with Crippen LogP contribution in [0.4, 0.5) is 21.0 Å². The summed E-state index contributed by atoms with van der Waals surface area (Å²) in [5.74, 6) is -13.8. The molecule has 0 spiro atoms. The lowest BCUT2D eigenvalue weighted by Gasteiger charge is -2.29. The molecule has 594 valence electrons. The normalized spacial score (nSPS) is 21.3. The molecule has 3 fully saturated rings. The molecule has 0 aromatic heterocycles. The molecule has 10 atom stereocenters. The standard InChI is InChI=1S/C70H91ClN18O19S2/c1-38(90)59-68(106)83-54(66(104)79-48(60(73)98)28-42-11-19-46(91)20-12-42)37-110-109-36-53(82-63(101)49(29-39-5-13-43(71)14-6-39)77-56(93)33-87-22-24-88(34-57(94)95)26-27-89(25-23-87)35-58(96)97)67(105)81-51(31-40-7-15-44(16-8-40)75-62(100)52-32-55(92)85-70(108)84-52)65(103)80-50(30-41-9-17-45(18-10-41)76-69(74)107)64(102)78-47(61(99)86-59)4-2-3-21-72/h5-20,38,47-54,59,90-91H,2-4,21-37,72H2,1H3,(H2,73,98)(H,75,100)(H,77,93)(H,78,102)(H,79,104)(H,80,103)(H,81,105)(H,82,101)(H,83,106)(H,86,99)(H,94,95)(H,96,97)(H3,74,76,107)(H2,84,85,92,108)/t38-,47+,48-,49-,50-,51?,52?,53?,54+,59?/m1/s1. The highest BCUT2D eigenvalue weighted by Crippen LogP contribution is 2.25. The number of halogens is 1. The Hall–Kier alpha value is -10.7. The number of aromatic hydroxyl groups is 1. The minimum absolute atomic E-state index is 0.106. The molecule has 15 amide bonds. The van der Waals surface area contributed by atoms with Crippen LogP contribution >= 0.6 is 33.2 Å². The Labute approximate surface area is 644 Å². The quantitative estimate of drug-likeness (QED) is 0.0196. The number of carbonyl (C=O) groups excluding carboxylic acids is 13. The number of imide groups is 1. The molecule has 3 saturated heterocycles. The van der Waals surface area contributed by atoms with E-state index < -0.39 is 174 Å². The Morgan fingerprint density at radius 2 is 1.05 bits per heavy atom. The zero-order valence-electron chi connectivity index (χ0n) is 59.8. The summed E-state index contributed by atoms with van der Waals surface area (Å²) in [6.07, 6.45) is -2.99. The third-order valence-corrected chi connectivity index (χ3v) is 20.3. The SMILES string of the molecule is C[C@@H](O)C1NC(=O)[C@H](CCCCN)NC(=O)[C@@H](Cc2ccc(NC(N)=O)cc2)NC(=O)C(Cc2ccc(NC(=O)C3CC(=O)NC(=O)N3)cc2)NC(=O)C(NC(=O)[C@@H](Cc2ccc(Cl)cc2)NC(=O)CN2CCN(CC(=O)O)CCN(CC(=O)O)CC2)CSSC[C@@H](C(=O)N[C@H](Cc2ccc(O)cc2)C(N)=O)NC1=O. The first kappa shape index (κ1) is 86.6. The molecule has 0 radical (unpaired) electrons. The molecule has 4 aromatic rings. The number of benzene rings is 4. The predicted molar refractivity (Wildman–Crippen MR) is 403 cm³/mol. The highest BCUT2D eigenvalue weighted by atomic mass is 35.5. The number of carbonyl (C=O) groups is 15. The van der Waals surface area contributed by atoms with E-state index in [1.807, 2.05) is 5.32 Å². The minimum atomic E-state index is -1.87. The number of carboxylic acids is 2. The highest BCUT2D eigenvalue weighted by molar-refractivity contribution is 8.76. The van der Waals surface area contributed by atoms with Gasteiger partial charge in [-0.25, -0.2) is 9.59 Å². The van der Waals surface area contributed by atoms with Crippen LogP contribution in [-0.4, -0.2) is 262 Å². The van der Waals surface area contributed by atoms with Gasteiger partial charge in [-0.1, -0.05) is 81.7 Å². The summed E-state index contributed by atoms with van der Waals surface area (Å²) >= 11 is 6.29. The lowest BCUT2D eigenvalue weighted by Crippen LogP contribution is -2.62. The fraction of sp³-hybridized carbons (Fsp3) is 0.443. The van der Waals surface area contributed by atoms with Crippen molar-refractivity contribution in [3.63, 3.8) is 0 Å². The van der Waals surface area contributed by atoms with Gasteiger partial charge in [-0.15, -0.1) is 0 Å². The Morgan fingerprint density at radius 3 is 1.56 bits per heavy atom. The summed E-state index contributed by atoms with van der Waals surface area (Å²) in [5.41, 5.74) is 19.0. The van der Waals surface area contributed by atoms with Crippen LogP contribution in [0.15, 0.2) is 97.1 Å². The first-order valence-electron chi connectivity index (χ1n) is 35.0. The van der Waals surface area contributed by atoms with Crippen molar-refractivity contribution in [3.8, 4) is 5.75 Å². The zero-order chi connectivity index (χ0) is 80.1. The monoisotopic (exact) mass is 1590 g/mol. The maximum atomic E-state index is 15.5. The van der Waals surface area contributed by atoms with Crippen LogP contribution in [-0.2, 0) is 88.0 Å². The lowest BCUT2D eigenvalue weighted by atomic mass is 10.0. The molecule has 3 aliphatic heterocycles. The van der Waals surface area contributed by atoms with Crippen molar-refractivity contribution in [1.82, 2.24) is 67.9 Å². The van der Waals surface area contributed by atoms with E-state index in [-0.39, 0.29) is 120 Å². The number of nitrogens with two attached hydrogens (primary N) is 3. The van der Waals surface area contributed by atoms with Crippen LogP contribution in [0.5, 0.6) is 5.75 Å². The molecule has 40 heteroatoms. The topological polar surface area (TPSA) is 569 Å². The van der Waals surface area contributed by atoms with Gasteiger partial charge in [0.15, 0.2) is 0 Å². The van der Waals surface area contributed by atoms with Crippen molar-refractivity contribution in [1.29, 1.82) is 0 Å². The molecular formula is C70H91ClN18O19S2. The van der Waals surface area contributed by atoms with Crippen molar-refractivity contribution in [2.45, 2.75) is 119 Å². The second-order valence-corrected chi connectivity index (χ2v) is 29.3. The van der Waals surface area contributed by atoms with Gasteiger partial charge in [0.2, 0.25) is 65.0 Å². The number of urea groups is 2. The number of aliphatic hydroxyl groups excluding tert-OH is 1. The molecule has 3 aliphatic rings. The van der Waals surface area contributed by atoms with Gasteiger partial charge in [0.1, 0.15) is 60.1 Å². The van der Waals surface area contributed by atoms with E-state index in [4.69, 9.17) is 28.8 Å². The van der Waals surface area contributed by atoms with Gasteiger partial charge in [0.25, 0.3) is 0 Å². The number of primary amides is 2. The van der Waals surface area contributed by atoms with Crippen molar-refractivity contribution in [2.24, 2.45) is 17.2 Å². The van der Waals surface area contributed by atoms with Crippen molar-refractivity contribution in [3.05, 3.63) is 124 Å². The number of amides is 15. The third-order valence-electron chi connectivity index (χ3n) is 17.6. The van der Waals surface area contributed by atoms with E-state index in [1.165, 1.54) is 84.9 Å². The number of nitrogens with one attached hydrogen (secondary N) is 12. The van der Waals surface area contributed by atoms with E-state index in [0.717, 1.165) is 28.5 Å². The first-order valence-corrected chi connectivity index (χ1v) is 37.9. The Morgan fingerprint density at radius 1 is 0.555 bits per heavy atom. The second-order valence-electron chi connectivity index (χ2n) is 26.3. The number of aliphatic carboxylic acids is 2. The van der Waals surface area contributed by atoms with Gasteiger partial charge in [0, 0.05) is 92.9 Å². The van der Waals surface area contributed by atoms with E-state index in [1.54, 1.807) is 26.8 Å². The van der Waals surface area contributed by atoms with Crippen LogP contribution in [0.1, 0.15) is 54.9 Å². The van der Waals surface area contributed by atoms with Crippen molar-refractivity contribution < 1.29 is 92.3 Å². The number of hydrogen-bond acceptors (Lipinski definition) is 23. The summed E-state index contributed by atoms with van der Waals surface area (Å²) in [7, 11) is 1.67. The molecule has 0 aliphatic carbocycles. The smallest absolute Gasteiger partial charge is 0.322 e. The van der Waals surface area contributed by atoms with Crippen LogP contribution in [0.2, 0.25) is 5.02 Å². The van der Waals surface area contributed by atoms with Crippen LogP contribution < -0.4 is 81.0 Å². The Bertz CT molecular complexity index is 3900. The molecule has 7 rings (SSSR count). The number of phenols is 1. The molecule has 0 saturated carbocycles. The average molecular weight is 1590 g/mol. The molecule has 4 aromatic carbocycles. The van der Waals surface area contributed by atoms with E-state index in [0.29, 0.717) is 28.1 Å². The summed E-state index contributed by atoms with van der Waals surface area (Å²) in [6, 6.07) is 7.18. The minimum Gasteiger partial charge on any atom is -0.508 e. The molecule has 110 heavy (non-hydrogen) atoms. The fourth-order valence-electron chi connectivity index (χ4n) is 11.8. The van der Waals surface area contributed by atoms with Gasteiger partial charge < -0.3 is 96.1 Å². The third kappa shape index (κ3) is 29.0. The number of unbranched alkanes of at least 4 members (excludes halogenated alkanes) is 1. The maximum Gasteiger partial charge on any atom is 0.322 e. The number of phenolic OH excluding ortho intramolecular Hbond substituents is 1. The van der Waals surface area contributed by atoms with E-state index in [9.17, 15) is 73.2 Å². The highest BCUT2D eigenvalue weighted by Gasteiger charge is 2.38. The number of carboxylic acid groups (broad SMARTS) is 2. The van der Waals surface area contributed by atoms with Gasteiger partial charge in [-0.3, -0.25) is 82.3 Å². The number of nitrogens with zero attached hydrogens (tertiary/aromatic N) is 3. The van der Waals surface area contributed by atoms with Gasteiger partial charge >= 0.3 is 24.0 Å². The molecule has 3 heterocycles. The summed E-state index contributed by atoms with van der Waals surface area (Å²) in [6.45, 7) is 1.08. The maximum absolute atomic E-state index is 15.5. The van der Waals surface area contributed by atoms with Gasteiger partial charge in [-0.05, 0) is 104 Å². The van der Waals surface area contributed by atoms with Gasteiger partial charge in [0.05, 0.1) is 32.2 Å². The van der Waals surface area contributed by atoms with Crippen molar-refractivity contribution in [2.75, 3.05) is 87.6 Å². The molecule has 22 N–H and O–H groups in total. The van der Waals surface area contributed by atoms with Gasteiger partial charge in [-0.2, -0.15) is 0 Å². The summed E-state index contributed by atoms with van der Waals surface area (Å²) in [4.78, 5) is 211. The number of rotatable bonds is 28. The van der Waals surface area contributed by atoms with Crippen LogP contribution in [0.25, 0.3) is 0 Å². The molecule has 0 bridgehead atoms. The Kier molecular flexibility index (Phi) is 33.8. The first-order chi connectivity index (χ1) is 52.4.